The lowest BCUT2D eigenvalue weighted by Crippen LogP contribution is -2.34. The molecule has 1 aliphatic heterocycles. The fourth-order valence-electron chi connectivity index (χ4n) is 3.05. The molecule has 3 rings (SSSR count). The standard InChI is InChI=1S/C19H24N4O2/c24-18-5-2-1-3-12-22(18)13-4-10-21-19(25)16-6-8-17(9-7-16)23-14-11-20-15-23/h6-9,11,14-15H,1-5,10,12-13H2,(H,21,25). The Morgan fingerprint density at radius 2 is 2.00 bits per heavy atom. The Bertz CT molecular complexity index is 695. The van der Waals surface area contributed by atoms with Gasteiger partial charge < -0.3 is 14.8 Å². The zero-order chi connectivity index (χ0) is 17.5. The van der Waals surface area contributed by atoms with Crippen LogP contribution in [0.15, 0.2) is 43.0 Å². The molecule has 0 aliphatic carbocycles. The number of nitrogens with zero attached hydrogens (tertiary/aromatic N) is 3. The first-order chi connectivity index (χ1) is 12.2. The van der Waals surface area contributed by atoms with Gasteiger partial charge in [-0.15, -0.1) is 0 Å². The van der Waals surface area contributed by atoms with Gasteiger partial charge in [-0.25, -0.2) is 4.98 Å². The molecule has 1 fully saturated rings. The minimum Gasteiger partial charge on any atom is -0.352 e. The predicted molar refractivity (Wildman–Crippen MR) is 95.6 cm³/mol. The number of hydrogen-bond donors (Lipinski definition) is 1. The third-order valence-corrected chi connectivity index (χ3v) is 4.49. The summed E-state index contributed by atoms with van der Waals surface area (Å²) in [6, 6.07) is 7.41. The van der Waals surface area contributed by atoms with Crippen LogP contribution in [0.4, 0.5) is 0 Å². The number of nitrogens with one attached hydrogen (secondary N) is 1. The third-order valence-electron chi connectivity index (χ3n) is 4.49. The van der Waals surface area contributed by atoms with Gasteiger partial charge in [-0.3, -0.25) is 9.59 Å². The third kappa shape index (κ3) is 4.68. The van der Waals surface area contributed by atoms with Crippen LogP contribution in [0, 0.1) is 0 Å². The van der Waals surface area contributed by atoms with Crippen LogP contribution in [0.25, 0.3) is 5.69 Å². The highest BCUT2D eigenvalue weighted by Crippen LogP contribution is 2.11. The number of hydrogen-bond acceptors (Lipinski definition) is 3. The average molecular weight is 340 g/mol. The molecule has 25 heavy (non-hydrogen) atoms. The van der Waals surface area contributed by atoms with Crippen molar-refractivity contribution in [3.63, 3.8) is 0 Å². The van der Waals surface area contributed by atoms with E-state index in [0.717, 1.165) is 44.5 Å². The lowest BCUT2D eigenvalue weighted by Gasteiger charge is -2.20. The van der Waals surface area contributed by atoms with Crippen molar-refractivity contribution in [2.24, 2.45) is 0 Å². The van der Waals surface area contributed by atoms with Crippen molar-refractivity contribution < 1.29 is 9.59 Å². The molecular formula is C19H24N4O2. The predicted octanol–water partition coefficient (Wildman–Crippen LogP) is 2.39. The Balaban J connectivity index is 1.44. The Kier molecular flexibility index (Phi) is 5.82. The van der Waals surface area contributed by atoms with Gasteiger partial charge in [0.1, 0.15) is 0 Å². The van der Waals surface area contributed by atoms with E-state index < -0.39 is 0 Å². The maximum atomic E-state index is 12.2. The Labute approximate surface area is 147 Å². The van der Waals surface area contributed by atoms with Crippen LogP contribution in [0.3, 0.4) is 0 Å². The molecule has 0 radical (unpaired) electrons. The van der Waals surface area contributed by atoms with E-state index in [2.05, 4.69) is 10.3 Å². The monoisotopic (exact) mass is 340 g/mol. The molecule has 1 N–H and O–H groups in total. The number of rotatable bonds is 6. The number of amides is 2. The summed E-state index contributed by atoms with van der Waals surface area (Å²) in [5, 5.41) is 2.93. The smallest absolute Gasteiger partial charge is 0.251 e. The summed E-state index contributed by atoms with van der Waals surface area (Å²) in [5.41, 5.74) is 1.60. The van der Waals surface area contributed by atoms with E-state index in [0.29, 0.717) is 18.5 Å². The lowest BCUT2D eigenvalue weighted by molar-refractivity contribution is -0.130. The first-order valence-corrected chi connectivity index (χ1v) is 8.88. The van der Waals surface area contributed by atoms with Crippen molar-refractivity contribution in [1.29, 1.82) is 0 Å². The van der Waals surface area contributed by atoms with Gasteiger partial charge in [0.15, 0.2) is 0 Å². The van der Waals surface area contributed by atoms with E-state index in [1.165, 1.54) is 0 Å². The van der Waals surface area contributed by atoms with Gasteiger partial charge in [0, 0.05) is 49.7 Å². The van der Waals surface area contributed by atoms with Crippen LogP contribution in [0.5, 0.6) is 0 Å². The van der Waals surface area contributed by atoms with Crippen molar-refractivity contribution in [3.05, 3.63) is 48.5 Å². The molecule has 1 aromatic carbocycles. The minimum absolute atomic E-state index is 0.0839. The molecule has 2 aromatic rings. The zero-order valence-electron chi connectivity index (χ0n) is 14.4. The van der Waals surface area contributed by atoms with Gasteiger partial charge in [-0.05, 0) is 43.5 Å². The molecule has 132 valence electrons. The van der Waals surface area contributed by atoms with Crippen LogP contribution in [0.2, 0.25) is 0 Å². The summed E-state index contributed by atoms with van der Waals surface area (Å²) in [5.74, 6) is 0.165. The first kappa shape index (κ1) is 17.2. The van der Waals surface area contributed by atoms with Gasteiger partial charge in [0.05, 0.1) is 6.33 Å². The van der Waals surface area contributed by atoms with Crippen molar-refractivity contribution in [2.75, 3.05) is 19.6 Å². The minimum atomic E-state index is -0.0839. The van der Waals surface area contributed by atoms with Crippen LogP contribution >= 0.6 is 0 Å². The number of carbonyl (C=O) groups is 2. The topological polar surface area (TPSA) is 67.2 Å². The summed E-state index contributed by atoms with van der Waals surface area (Å²) < 4.78 is 1.89. The molecule has 2 amide bonds. The number of benzene rings is 1. The second-order valence-corrected chi connectivity index (χ2v) is 6.32. The summed E-state index contributed by atoms with van der Waals surface area (Å²) in [4.78, 5) is 30.1. The van der Waals surface area contributed by atoms with E-state index >= 15 is 0 Å². The normalized spacial score (nSPS) is 15.0. The second-order valence-electron chi connectivity index (χ2n) is 6.32. The number of likely N-dealkylation sites (tertiary alicyclic amines) is 1. The zero-order valence-corrected chi connectivity index (χ0v) is 14.4. The Morgan fingerprint density at radius 3 is 2.76 bits per heavy atom. The van der Waals surface area contributed by atoms with Crippen LogP contribution in [-0.2, 0) is 4.79 Å². The van der Waals surface area contributed by atoms with E-state index in [1.54, 1.807) is 12.5 Å². The molecule has 6 nitrogen and oxygen atoms in total. The molecule has 0 atom stereocenters. The maximum absolute atomic E-state index is 12.2. The van der Waals surface area contributed by atoms with Crippen molar-refractivity contribution in [1.82, 2.24) is 19.8 Å². The maximum Gasteiger partial charge on any atom is 0.251 e. The van der Waals surface area contributed by atoms with E-state index in [1.807, 2.05) is 39.9 Å². The number of imidazole rings is 1. The van der Waals surface area contributed by atoms with Gasteiger partial charge in [-0.2, -0.15) is 0 Å². The molecule has 1 aromatic heterocycles. The summed E-state index contributed by atoms with van der Waals surface area (Å²) >= 11 is 0. The van der Waals surface area contributed by atoms with E-state index in [-0.39, 0.29) is 11.8 Å². The van der Waals surface area contributed by atoms with Crippen LogP contribution < -0.4 is 5.32 Å². The fourth-order valence-corrected chi connectivity index (χ4v) is 3.05. The molecule has 0 bridgehead atoms. The largest absolute Gasteiger partial charge is 0.352 e. The quantitative estimate of drug-likeness (QED) is 0.821. The highest BCUT2D eigenvalue weighted by atomic mass is 16.2. The number of aromatic nitrogens is 2. The molecule has 1 aliphatic rings. The molecule has 0 unspecified atom stereocenters. The highest BCUT2D eigenvalue weighted by Gasteiger charge is 2.15. The van der Waals surface area contributed by atoms with E-state index in [9.17, 15) is 9.59 Å². The molecule has 0 saturated carbocycles. The fraction of sp³-hybridized carbons (Fsp3) is 0.421. The second kappa shape index (κ2) is 8.46. The Hall–Kier alpha value is -2.63. The van der Waals surface area contributed by atoms with Gasteiger partial charge in [0.25, 0.3) is 5.91 Å². The van der Waals surface area contributed by atoms with Crippen molar-refractivity contribution in [2.45, 2.75) is 32.1 Å². The summed E-state index contributed by atoms with van der Waals surface area (Å²) in [6.45, 7) is 2.15. The Morgan fingerprint density at radius 1 is 1.16 bits per heavy atom. The number of carbonyl (C=O) groups excluding carboxylic acids is 2. The summed E-state index contributed by atoms with van der Waals surface area (Å²) in [6.07, 6.45) is 9.96. The highest BCUT2D eigenvalue weighted by molar-refractivity contribution is 5.94. The summed E-state index contributed by atoms with van der Waals surface area (Å²) in [7, 11) is 0. The molecule has 6 heteroatoms. The van der Waals surface area contributed by atoms with Gasteiger partial charge >= 0.3 is 0 Å². The molecule has 0 spiro atoms. The van der Waals surface area contributed by atoms with Gasteiger partial charge in [-0.1, -0.05) is 6.42 Å². The molecule has 1 saturated heterocycles. The average Bonchev–Trinajstić information content (AvgIpc) is 3.10. The lowest BCUT2D eigenvalue weighted by atomic mass is 10.2. The van der Waals surface area contributed by atoms with Crippen LogP contribution in [0.1, 0.15) is 42.5 Å². The van der Waals surface area contributed by atoms with Gasteiger partial charge in [0.2, 0.25) is 5.91 Å². The van der Waals surface area contributed by atoms with Crippen molar-refractivity contribution >= 4 is 11.8 Å². The van der Waals surface area contributed by atoms with Crippen molar-refractivity contribution in [3.8, 4) is 5.69 Å². The SMILES string of the molecule is O=C(NCCCN1CCCCCC1=O)c1ccc(-n2ccnc2)cc1. The first-order valence-electron chi connectivity index (χ1n) is 8.88. The van der Waals surface area contributed by atoms with E-state index in [4.69, 9.17) is 0 Å². The molecular weight excluding hydrogens is 316 g/mol. The van der Waals surface area contributed by atoms with Crippen LogP contribution in [-0.4, -0.2) is 45.9 Å². The molecule has 2 heterocycles.